The summed E-state index contributed by atoms with van der Waals surface area (Å²) < 4.78 is 3.07. The number of piperazine rings is 1. The lowest BCUT2D eigenvalue weighted by molar-refractivity contribution is 0.0664. The minimum Gasteiger partial charge on any atom is -0.336 e. The summed E-state index contributed by atoms with van der Waals surface area (Å²) in [5.74, 6) is 0.318. The van der Waals surface area contributed by atoms with Crippen molar-refractivity contribution in [1.82, 2.24) is 29.1 Å². The Labute approximate surface area is 244 Å². The van der Waals surface area contributed by atoms with E-state index in [0.29, 0.717) is 67.5 Å². The molecule has 0 N–H and O–H groups in total. The zero-order chi connectivity index (χ0) is 28.0. The molecular weight excluding hydrogens is 571 g/mol. The number of fused-ring (bicyclic) bond motifs is 1. The molecule has 1 aliphatic rings. The van der Waals surface area contributed by atoms with Gasteiger partial charge in [0.25, 0.3) is 11.5 Å². The van der Waals surface area contributed by atoms with Crippen molar-refractivity contribution in [1.29, 1.82) is 0 Å². The summed E-state index contributed by atoms with van der Waals surface area (Å²) in [4.78, 5) is 35.9. The zero-order valence-corrected chi connectivity index (χ0v) is 23.7. The maximum absolute atomic E-state index is 13.9. The third-order valence-electron chi connectivity index (χ3n) is 7.01. The molecule has 3 aromatic carbocycles. The van der Waals surface area contributed by atoms with E-state index in [1.54, 1.807) is 71.4 Å². The van der Waals surface area contributed by atoms with Crippen LogP contribution in [0.2, 0.25) is 15.1 Å². The van der Waals surface area contributed by atoms with Gasteiger partial charge in [0.15, 0.2) is 11.5 Å². The lowest BCUT2D eigenvalue weighted by Gasteiger charge is -2.32. The van der Waals surface area contributed by atoms with Crippen LogP contribution in [0.15, 0.2) is 77.7 Å². The molecule has 3 heterocycles. The quantitative estimate of drug-likeness (QED) is 0.272. The smallest absolute Gasteiger partial charge is 0.269 e. The highest BCUT2D eigenvalue weighted by Gasteiger charge is 2.22. The maximum Gasteiger partial charge on any atom is 0.269 e. The van der Waals surface area contributed by atoms with Crippen molar-refractivity contribution >= 4 is 51.7 Å². The molecule has 0 saturated carbocycles. The van der Waals surface area contributed by atoms with Gasteiger partial charge in [0.05, 0.1) is 22.6 Å². The SMILES string of the molecule is CN1CCN(C(=O)c2ccc(-n3ncc4c(=O)n(-c5ccc(Cl)cc5)c(-c5ccc(Cl)cc5Cl)nc43)cc2)CC1. The van der Waals surface area contributed by atoms with Crippen molar-refractivity contribution in [2.24, 2.45) is 0 Å². The molecule has 8 nitrogen and oxygen atoms in total. The number of halogens is 3. The fourth-order valence-corrected chi connectivity index (χ4v) is 5.39. The Morgan fingerprint density at radius 2 is 1.48 bits per heavy atom. The molecule has 5 aromatic rings. The maximum atomic E-state index is 13.9. The number of nitrogens with zero attached hydrogens (tertiary/aromatic N) is 6. The fraction of sp³-hybridized carbons (Fsp3) is 0.172. The third kappa shape index (κ3) is 4.88. The highest BCUT2D eigenvalue weighted by molar-refractivity contribution is 6.36. The summed E-state index contributed by atoms with van der Waals surface area (Å²) in [7, 11) is 2.05. The first-order chi connectivity index (χ1) is 19.3. The Morgan fingerprint density at radius 3 is 2.15 bits per heavy atom. The van der Waals surface area contributed by atoms with Crippen LogP contribution < -0.4 is 5.56 Å². The first-order valence-corrected chi connectivity index (χ1v) is 13.7. The van der Waals surface area contributed by atoms with Crippen molar-refractivity contribution in [2.45, 2.75) is 0 Å². The van der Waals surface area contributed by atoms with Gasteiger partial charge in [0, 0.05) is 47.4 Å². The van der Waals surface area contributed by atoms with Crippen molar-refractivity contribution in [2.75, 3.05) is 33.2 Å². The van der Waals surface area contributed by atoms with E-state index in [9.17, 15) is 9.59 Å². The van der Waals surface area contributed by atoms with Crippen LogP contribution in [0.4, 0.5) is 0 Å². The zero-order valence-electron chi connectivity index (χ0n) is 21.4. The number of benzene rings is 3. The second-order valence-corrected chi connectivity index (χ2v) is 10.9. The molecule has 11 heteroatoms. The van der Waals surface area contributed by atoms with Gasteiger partial charge in [-0.3, -0.25) is 14.2 Å². The third-order valence-corrected chi connectivity index (χ3v) is 7.81. The molecule has 1 saturated heterocycles. The van der Waals surface area contributed by atoms with E-state index >= 15 is 0 Å². The van der Waals surface area contributed by atoms with Gasteiger partial charge in [-0.2, -0.15) is 5.10 Å². The van der Waals surface area contributed by atoms with Crippen molar-refractivity contribution < 1.29 is 4.79 Å². The van der Waals surface area contributed by atoms with E-state index in [2.05, 4.69) is 17.0 Å². The molecule has 202 valence electrons. The van der Waals surface area contributed by atoms with Crippen molar-refractivity contribution in [3.05, 3.63) is 104 Å². The average Bonchev–Trinajstić information content (AvgIpc) is 3.38. The van der Waals surface area contributed by atoms with E-state index in [4.69, 9.17) is 39.8 Å². The number of hydrogen-bond donors (Lipinski definition) is 0. The predicted molar refractivity (Wildman–Crippen MR) is 158 cm³/mol. The first-order valence-electron chi connectivity index (χ1n) is 12.6. The highest BCUT2D eigenvalue weighted by atomic mass is 35.5. The van der Waals surface area contributed by atoms with Crippen LogP contribution in [0, 0.1) is 0 Å². The first kappa shape index (κ1) is 26.5. The number of amides is 1. The summed E-state index contributed by atoms with van der Waals surface area (Å²) in [6, 6.07) is 19.1. The highest BCUT2D eigenvalue weighted by Crippen LogP contribution is 2.31. The topological polar surface area (TPSA) is 76.3 Å². The van der Waals surface area contributed by atoms with Gasteiger partial charge in [-0.05, 0) is 73.8 Å². The van der Waals surface area contributed by atoms with Crippen LogP contribution >= 0.6 is 34.8 Å². The van der Waals surface area contributed by atoms with Crippen molar-refractivity contribution in [3.8, 4) is 22.8 Å². The number of hydrogen-bond acceptors (Lipinski definition) is 5. The molecule has 0 atom stereocenters. The standard InChI is InChI=1S/C29H23Cl3N6O2/c1-35-12-14-36(15-13-35)28(39)18-2-7-22(8-3-18)38-27-24(17-33-38)29(40)37(21-9-4-19(30)5-10-21)26(34-27)23-11-6-20(31)16-25(23)32/h2-11,16-17H,12-15H2,1H3. The summed E-state index contributed by atoms with van der Waals surface area (Å²) in [6.45, 7) is 3.09. The summed E-state index contributed by atoms with van der Waals surface area (Å²) in [5.41, 5.74) is 2.40. The monoisotopic (exact) mass is 592 g/mol. The minimum absolute atomic E-state index is 0.00591. The van der Waals surface area contributed by atoms with E-state index in [1.807, 2.05) is 4.90 Å². The largest absolute Gasteiger partial charge is 0.336 e. The summed E-state index contributed by atoms with van der Waals surface area (Å²) in [6.07, 6.45) is 1.49. The van der Waals surface area contributed by atoms with Crippen LogP contribution in [0.3, 0.4) is 0 Å². The van der Waals surface area contributed by atoms with Gasteiger partial charge in [-0.1, -0.05) is 34.8 Å². The van der Waals surface area contributed by atoms with Gasteiger partial charge in [0.1, 0.15) is 5.39 Å². The Bertz CT molecular complexity index is 1790. The molecule has 2 aromatic heterocycles. The molecular formula is C29H23Cl3N6O2. The number of likely N-dealkylation sites (N-methyl/N-ethyl adjacent to an activating group) is 1. The van der Waals surface area contributed by atoms with Crippen LogP contribution in [0.5, 0.6) is 0 Å². The van der Waals surface area contributed by atoms with Gasteiger partial charge in [-0.15, -0.1) is 0 Å². The van der Waals surface area contributed by atoms with E-state index < -0.39 is 0 Å². The van der Waals surface area contributed by atoms with E-state index in [1.165, 1.54) is 10.8 Å². The minimum atomic E-state index is -0.318. The van der Waals surface area contributed by atoms with Crippen LogP contribution in [-0.2, 0) is 0 Å². The molecule has 6 rings (SSSR count). The number of carbonyl (C=O) groups excluding carboxylic acids is 1. The van der Waals surface area contributed by atoms with Crippen molar-refractivity contribution in [3.63, 3.8) is 0 Å². The Hall–Kier alpha value is -3.69. The fourth-order valence-electron chi connectivity index (χ4n) is 4.77. The molecule has 0 aliphatic carbocycles. The second kappa shape index (κ2) is 10.7. The molecule has 1 fully saturated rings. The molecule has 0 radical (unpaired) electrons. The molecule has 0 unspecified atom stereocenters. The Balaban J connectivity index is 1.46. The molecule has 0 spiro atoms. The Kier molecular flexibility index (Phi) is 7.10. The average molecular weight is 594 g/mol. The Morgan fingerprint density at radius 1 is 0.825 bits per heavy atom. The molecule has 0 bridgehead atoms. The van der Waals surface area contributed by atoms with Gasteiger partial charge < -0.3 is 9.80 Å². The number of carbonyl (C=O) groups is 1. The molecule has 1 aliphatic heterocycles. The lowest BCUT2D eigenvalue weighted by atomic mass is 10.1. The second-order valence-electron chi connectivity index (χ2n) is 9.61. The summed E-state index contributed by atoms with van der Waals surface area (Å²) in [5, 5.41) is 6.16. The van der Waals surface area contributed by atoms with Gasteiger partial charge >= 0.3 is 0 Å². The van der Waals surface area contributed by atoms with Crippen LogP contribution in [0.25, 0.3) is 33.8 Å². The molecule has 1 amide bonds. The van der Waals surface area contributed by atoms with Crippen LogP contribution in [0.1, 0.15) is 10.4 Å². The molecule has 40 heavy (non-hydrogen) atoms. The van der Waals surface area contributed by atoms with Crippen LogP contribution in [-0.4, -0.2) is 68.3 Å². The van der Waals surface area contributed by atoms with Gasteiger partial charge in [0.2, 0.25) is 0 Å². The van der Waals surface area contributed by atoms with Gasteiger partial charge in [-0.25, -0.2) is 9.67 Å². The number of rotatable bonds is 4. The van der Waals surface area contributed by atoms with E-state index in [-0.39, 0.29) is 11.5 Å². The normalized spacial score (nSPS) is 14.2. The predicted octanol–water partition coefficient (Wildman–Crippen LogP) is 5.59. The van der Waals surface area contributed by atoms with E-state index in [0.717, 1.165) is 13.1 Å². The lowest BCUT2D eigenvalue weighted by Crippen LogP contribution is -2.47. The summed E-state index contributed by atoms with van der Waals surface area (Å²) >= 11 is 18.8. The number of aromatic nitrogens is 4.